The summed E-state index contributed by atoms with van der Waals surface area (Å²) in [5, 5.41) is 13.3. The van der Waals surface area contributed by atoms with E-state index in [0.717, 1.165) is 19.2 Å². The summed E-state index contributed by atoms with van der Waals surface area (Å²) in [6, 6.07) is 11.1. The number of nitrogens with zero attached hydrogens (tertiary/aromatic N) is 1. The van der Waals surface area contributed by atoms with Gasteiger partial charge in [0.25, 0.3) is 11.6 Å². The number of ether oxygens (including phenoxy) is 1. The number of amides is 1. The highest BCUT2D eigenvalue weighted by molar-refractivity contribution is 6.45. The Hall–Kier alpha value is -3.59. The van der Waals surface area contributed by atoms with Gasteiger partial charge in [0.2, 0.25) is 5.78 Å². The Morgan fingerprint density at radius 1 is 1.14 bits per heavy atom. The van der Waals surface area contributed by atoms with Crippen molar-refractivity contribution in [2.45, 2.75) is 6.42 Å². The van der Waals surface area contributed by atoms with Gasteiger partial charge in [-0.1, -0.05) is 41.9 Å². The van der Waals surface area contributed by atoms with E-state index in [9.17, 15) is 29.3 Å². The average molecular weight is 419 g/mol. The standard InChI is InChI=1S/C19H15ClN2O7/c1-29-16(23)10-13(17(24)11-5-3-2-4-6-11)18(25)19(26)21-14-8-7-12(20)9-15(14)22(27)28/h2-9,13H,10H2,1H3,(H,21,26)/t13-/m0/s1. The smallest absolute Gasteiger partial charge is 0.306 e. The summed E-state index contributed by atoms with van der Waals surface area (Å²) in [5.74, 6) is -5.77. The Labute approximate surface area is 169 Å². The molecule has 29 heavy (non-hydrogen) atoms. The molecule has 0 radical (unpaired) electrons. The van der Waals surface area contributed by atoms with Crippen LogP contribution in [0, 0.1) is 16.0 Å². The lowest BCUT2D eigenvalue weighted by Gasteiger charge is -2.14. The van der Waals surface area contributed by atoms with Gasteiger partial charge < -0.3 is 10.1 Å². The van der Waals surface area contributed by atoms with Crippen LogP contribution in [0.5, 0.6) is 0 Å². The Bertz CT molecular complexity index is 976. The maximum atomic E-state index is 12.7. The summed E-state index contributed by atoms with van der Waals surface area (Å²) >= 11 is 5.71. The maximum absolute atomic E-state index is 12.7. The number of Topliss-reactive ketones (excluding diaryl/α,β-unsaturated/α-hetero) is 2. The number of anilines is 1. The van der Waals surface area contributed by atoms with Gasteiger partial charge in [-0.15, -0.1) is 0 Å². The van der Waals surface area contributed by atoms with E-state index < -0.39 is 46.4 Å². The van der Waals surface area contributed by atoms with E-state index in [1.54, 1.807) is 18.2 Å². The van der Waals surface area contributed by atoms with Crippen molar-refractivity contribution in [3.05, 3.63) is 69.2 Å². The number of carbonyl (C=O) groups is 4. The predicted octanol–water partition coefficient (Wildman–Crippen LogP) is 2.82. The minimum atomic E-state index is -1.64. The van der Waals surface area contributed by atoms with Crippen LogP contribution in [0.1, 0.15) is 16.8 Å². The first-order valence-corrected chi connectivity index (χ1v) is 8.57. The first-order chi connectivity index (χ1) is 13.7. The molecule has 2 aromatic carbocycles. The van der Waals surface area contributed by atoms with Crippen LogP contribution in [-0.4, -0.2) is 35.5 Å². The molecule has 1 atom stereocenters. The predicted molar refractivity (Wildman–Crippen MR) is 103 cm³/mol. The third kappa shape index (κ3) is 5.45. The minimum absolute atomic E-state index is 0.0591. The second-order valence-electron chi connectivity index (χ2n) is 5.80. The second-order valence-corrected chi connectivity index (χ2v) is 6.24. The van der Waals surface area contributed by atoms with E-state index in [2.05, 4.69) is 10.1 Å². The number of nitro groups is 1. The van der Waals surface area contributed by atoms with Crippen LogP contribution >= 0.6 is 11.6 Å². The van der Waals surface area contributed by atoms with Crippen molar-refractivity contribution < 1.29 is 28.8 Å². The van der Waals surface area contributed by atoms with E-state index >= 15 is 0 Å². The number of ketones is 2. The molecule has 0 unspecified atom stereocenters. The molecule has 1 amide bonds. The van der Waals surface area contributed by atoms with Crippen LogP contribution in [-0.2, 0) is 19.1 Å². The lowest BCUT2D eigenvalue weighted by molar-refractivity contribution is -0.383. The average Bonchev–Trinajstić information content (AvgIpc) is 2.72. The number of hydrogen-bond donors (Lipinski definition) is 1. The molecule has 0 aliphatic heterocycles. The molecule has 0 spiro atoms. The first-order valence-electron chi connectivity index (χ1n) is 8.19. The Balaban J connectivity index is 2.31. The highest BCUT2D eigenvalue weighted by Gasteiger charge is 2.35. The van der Waals surface area contributed by atoms with Gasteiger partial charge in [-0.05, 0) is 12.1 Å². The third-order valence-corrected chi connectivity index (χ3v) is 4.15. The monoisotopic (exact) mass is 418 g/mol. The molecular formula is C19H15ClN2O7. The zero-order valence-electron chi connectivity index (χ0n) is 15.1. The second kappa shape index (κ2) is 9.56. The van der Waals surface area contributed by atoms with Gasteiger partial charge in [-0.3, -0.25) is 29.3 Å². The zero-order chi connectivity index (χ0) is 21.6. The number of benzene rings is 2. The molecule has 0 saturated carbocycles. The Morgan fingerprint density at radius 2 is 1.79 bits per heavy atom. The molecule has 0 aliphatic carbocycles. The van der Waals surface area contributed by atoms with Crippen molar-refractivity contribution in [1.29, 1.82) is 0 Å². The van der Waals surface area contributed by atoms with E-state index in [1.807, 2.05) is 0 Å². The molecule has 150 valence electrons. The molecule has 1 N–H and O–H groups in total. The first kappa shape index (κ1) is 21.7. The van der Waals surface area contributed by atoms with Gasteiger partial charge in [0.05, 0.1) is 18.5 Å². The van der Waals surface area contributed by atoms with Crippen LogP contribution in [0.25, 0.3) is 0 Å². The lowest BCUT2D eigenvalue weighted by Crippen LogP contribution is -2.36. The van der Waals surface area contributed by atoms with E-state index in [-0.39, 0.29) is 16.3 Å². The van der Waals surface area contributed by atoms with E-state index in [1.165, 1.54) is 18.2 Å². The van der Waals surface area contributed by atoms with Crippen LogP contribution in [0.15, 0.2) is 48.5 Å². The van der Waals surface area contributed by atoms with Crippen molar-refractivity contribution >= 4 is 46.4 Å². The molecule has 0 aromatic heterocycles. The molecule has 0 bridgehead atoms. The van der Waals surface area contributed by atoms with Crippen molar-refractivity contribution in [2.24, 2.45) is 5.92 Å². The number of carbonyl (C=O) groups excluding carboxylic acids is 4. The zero-order valence-corrected chi connectivity index (χ0v) is 15.8. The number of nitro benzene ring substituents is 1. The summed E-state index contributed by atoms with van der Waals surface area (Å²) in [6.45, 7) is 0. The number of nitrogens with one attached hydrogen (secondary N) is 1. The topological polar surface area (TPSA) is 133 Å². The summed E-state index contributed by atoms with van der Waals surface area (Å²) in [4.78, 5) is 59.7. The number of rotatable bonds is 8. The van der Waals surface area contributed by atoms with Gasteiger partial charge in [-0.2, -0.15) is 0 Å². The van der Waals surface area contributed by atoms with Crippen LogP contribution in [0.3, 0.4) is 0 Å². The normalized spacial score (nSPS) is 11.2. The molecule has 0 saturated heterocycles. The van der Waals surface area contributed by atoms with Crippen molar-refractivity contribution in [3.63, 3.8) is 0 Å². The molecular weight excluding hydrogens is 404 g/mol. The fourth-order valence-corrected chi connectivity index (χ4v) is 2.63. The van der Waals surface area contributed by atoms with Crippen molar-refractivity contribution in [3.8, 4) is 0 Å². The fraction of sp³-hybridized carbons (Fsp3) is 0.158. The van der Waals surface area contributed by atoms with Gasteiger partial charge in [0.1, 0.15) is 11.6 Å². The molecule has 10 heteroatoms. The summed E-state index contributed by atoms with van der Waals surface area (Å²) < 4.78 is 4.50. The quantitative estimate of drug-likeness (QED) is 0.174. The summed E-state index contributed by atoms with van der Waals surface area (Å²) in [6.07, 6.45) is -0.654. The minimum Gasteiger partial charge on any atom is -0.469 e. The SMILES string of the molecule is COC(=O)C[C@H](C(=O)C(=O)Nc1ccc(Cl)cc1[N+](=O)[O-])C(=O)c1ccccc1. The van der Waals surface area contributed by atoms with Crippen LogP contribution in [0.4, 0.5) is 11.4 Å². The van der Waals surface area contributed by atoms with Gasteiger partial charge in [0, 0.05) is 16.7 Å². The molecule has 2 rings (SSSR count). The van der Waals surface area contributed by atoms with Crippen molar-refractivity contribution in [2.75, 3.05) is 12.4 Å². The third-order valence-electron chi connectivity index (χ3n) is 3.92. The number of methoxy groups -OCH3 is 1. The van der Waals surface area contributed by atoms with Gasteiger partial charge >= 0.3 is 5.97 Å². The Morgan fingerprint density at radius 3 is 2.38 bits per heavy atom. The Kier molecular flexibility index (Phi) is 7.15. The van der Waals surface area contributed by atoms with Gasteiger partial charge in [-0.25, -0.2) is 0 Å². The highest BCUT2D eigenvalue weighted by atomic mass is 35.5. The summed E-state index contributed by atoms with van der Waals surface area (Å²) in [5.41, 5.74) is -0.681. The van der Waals surface area contributed by atoms with Crippen molar-refractivity contribution in [1.82, 2.24) is 0 Å². The molecule has 0 fully saturated rings. The van der Waals surface area contributed by atoms with Crippen LogP contribution in [0.2, 0.25) is 5.02 Å². The number of esters is 1. The largest absolute Gasteiger partial charge is 0.469 e. The van der Waals surface area contributed by atoms with Gasteiger partial charge in [0.15, 0.2) is 5.78 Å². The molecule has 0 aliphatic rings. The fourth-order valence-electron chi connectivity index (χ4n) is 2.46. The lowest BCUT2D eigenvalue weighted by atomic mass is 9.90. The van der Waals surface area contributed by atoms with Crippen LogP contribution < -0.4 is 5.32 Å². The maximum Gasteiger partial charge on any atom is 0.306 e. The highest BCUT2D eigenvalue weighted by Crippen LogP contribution is 2.28. The molecule has 0 heterocycles. The number of halogens is 1. The number of hydrogen-bond acceptors (Lipinski definition) is 7. The molecule has 9 nitrogen and oxygen atoms in total. The van der Waals surface area contributed by atoms with E-state index in [4.69, 9.17) is 11.6 Å². The molecule has 2 aromatic rings. The van der Waals surface area contributed by atoms with E-state index in [0.29, 0.717) is 0 Å². The summed E-state index contributed by atoms with van der Waals surface area (Å²) in [7, 11) is 1.08.